The summed E-state index contributed by atoms with van der Waals surface area (Å²) in [7, 11) is 0. The van der Waals surface area contributed by atoms with E-state index in [4.69, 9.17) is 10.5 Å². The Balaban J connectivity index is 1.95. The molecule has 0 heterocycles. The van der Waals surface area contributed by atoms with E-state index in [-0.39, 0.29) is 0 Å². The van der Waals surface area contributed by atoms with Crippen LogP contribution in [0, 0.1) is 17.8 Å². The third-order valence-corrected chi connectivity index (χ3v) is 3.41. The Morgan fingerprint density at radius 2 is 1.94 bits per heavy atom. The molecule has 0 spiro atoms. The zero-order valence-corrected chi connectivity index (χ0v) is 10.8. The molecule has 2 rings (SSSR count). The van der Waals surface area contributed by atoms with Gasteiger partial charge in [0.05, 0.1) is 18.7 Å². The van der Waals surface area contributed by atoms with Crippen LogP contribution in [0.2, 0.25) is 0 Å². The SMILES string of the molecule is NCC#Cc1ccccc1OCC1CCCCC1. The average Bonchev–Trinajstić information content (AvgIpc) is 2.45. The summed E-state index contributed by atoms with van der Waals surface area (Å²) in [6.07, 6.45) is 6.69. The Kier molecular flexibility index (Phi) is 5.11. The van der Waals surface area contributed by atoms with Gasteiger partial charge >= 0.3 is 0 Å². The number of nitrogens with two attached hydrogens (primary N) is 1. The highest BCUT2D eigenvalue weighted by atomic mass is 16.5. The molecule has 1 saturated carbocycles. The van der Waals surface area contributed by atoms with Crippen LogP contribution in [0.5, 0.6) is 5.75 Å². The highest BCUT2D eigenvalue weighted by Gasteiger charge is 2.14. The Bertz CT molecular complexity index is 424. The summed E-state index contributed by atoms with van der Waals surface area (Å²) in [5.41, 5.74) is 6.35. The van der Waals surface area contributed by atoms with Gasteiger partial charge in [0.1, 0.15) is 5.75 Å². The minimum absolute atomic E-state index is 0.386. The van der Waals surface area contributed by atoms with Crippen molar-refractivity contribution >= 4 is 0 Å². The molecule has 1 aromatic rings. The first-order valence-corrected chi connectivity index (χ1v) is 6.81. The lowest BCUT2D eigenvalue weighted by atomic mass is 9.90. The van der Waals surface area contributed by atoms with Crippen LogP contribution >= 0.6 is 0 Å². The summed E-state index contributed by atoms with van der Waals surface area (Å²) in [4.78, 5) is 0. The van der Waals surface area contributed by atoms with Gasteiger partial charge in [-0.3, -0.25) is 0 Å². The molecule has 0 saturated heterocycles. The minimum Gasteiger partial charge on any atom is -0.492 e. The van der Waals surface area contributed by atoms with Gasteiger partial charge in [-0.05, 0) is 30.9 Å². The van der Waals surface area contributed by atoms with Crippen LogP contribution in [0.3, 0.4) is 0 Å². The third kappa shape index (κ3) is 3.78. The Hall–Kier alpha value is -1.46. The summed E-state index contributed by atoms with van der Waals surface area (Å²) >= 11 is 0. The topological polar surface area (TPSA) is 35.2 Å². The Morgan fingerprint density at radius 3 is 2.72 bits per heavy atom. The van der Waals surface area contributed by atoms with E-state index in [0.29, 0.717) is 12.5 Å². The van der Waals surface area contributed by atoms with E-state index in [0.717, 1.165) is 17.9 Å². The van der Waals surface area contributed by atoms with Crippen molar-refractivity contribution in [3.8, 4) is 17.6 Å². The minimum atomic E-state index is 0.386. The summed E-state index contributed by atoms with van der Waals surface area (Å²) in [6, 6.07) is 7.94. The number of ether oxygens (including phenoxy) is 1. The van der Waals surface area contributed by atoms with Gasteiger partial charge in [-0.25, -0.2) is 0 Å². The van der Waals surface area contributed by atoms with Crippen LogP contribution in [0.25, 0.3) is 0 Å². The van der Waals surface area contributed by atoms with E-state index in [2.05, 4.69) is 11.8 Å². The van der Waals surface area contributed by atoms with E-state index < -0.39 is 0 Å². The monoisotopic (exact) mass is 243 g/mol. The maximum Gasteiger partial charge on any atom is 0.134 e. The summed E-state index contributed by atoms with van der Waals surface area (Å²) in [5, 5.41) is 0. The molecular formula is C16H21NO. The number of para-hydroxylation sites is 1. The van der Waals surface area contributed by atoms with E-state index in [1.807, 2.05) is 24.3 Å². The summed E-state index contributed by atoms with van der Waals surface area (Å²) < 4.78 is 5.93. The smallest absolute Gasteiger partial charge is 0.134 e. The highest BCUT2D eigenvalue weighted by molar-refractivity contribution is 5.45. The van der Waals surface area contributed by atoms with Crippen LogP contribution in [0.4, 0.5) is 0 Å². The third-order valence-electron chi connectivity index (χ3n) is 3.41. The van der Waals surface area contributed by atoms with Crippen molar-refractivity contribution in [2.45, 2.75) is 32.1 Å². The van der Waals surface area contributed by atoms with Crippen molar-refractivity contribution < 1.29 is 4.74 Å². The van der Waals surface area contributed by atoms with Gasteiger partial charge < -0.3 is 10.5 Å². The number of rotatable bonds is 3. The van der Waals surface area contributed by atoms with E-state index in [1.165, 1.54) is 32.1 Å². The fourth-order valence-electron chi connectivity index (χ4n) is 2.40. The highest BCUT2D eigenvalue weighted by Crippen LogP contribution is 2.25. The van der Waals surface area contributed by atoms with Crippen LogP contribution in [0.1, 0.15) is 37.7 Å². The van der Waals surface area contributed by atoms with Crippen molar-refractivity contribution in [3.63, 3.8) is 0 Å². The molecule has 2 N–H and O–H groups in total. The first-order chi connectivity index (χ1) is 8.90. The zero-order chi connectivity index (χ0) is 12.6. The lowest BCUT2D eigenvalue weighted by Gasteiger charge is -2.21. The van der Waals surface area contributed by atoms with Gasteiger partial charge in [-0.2, -0.15) is 0 Å². The Labute approximate surface area is 110 Å². The second kappa shape index (κ2) is 7.08. The molecule has 18 heavy (non-hydrogen) atoms. The molecule has 0 aliphatic heterocycles. The number of hydrogen-bond donors (Lipinski definition) is 1. The van der Waals surface area contributed by atoms with Gasteiger partial charge in [-0.15, -0.1) is 0 Å². The van der Waals surface area contributed by atoms with Crippen LogP contribution in [-0.4, -0.2) is 13.2 Å². The second-order valence-electron chi connectivity index (χ2n) is 4.82. The van der Waals surface area contributed by atoms with Crippen LogP contribution in [-0.2, 0) is 0 Å². The van der Waals surface area contributed by atoms with Crippen molar-refractivity contribution in [3.05, 3.63) is 29.8 Å². The first-order valence-electron chi connectivity index (χ1n) is 6.81. The molecule has 1 aliphatic carbocycles. The average molecular weight is 243 g/mol. The summed E-state index contributed by atoms with van der Waals surface area (Å²) in [6.45, 7) is 1.21. The fraction of sp³-hybridized carbons (Fsp3) is 0.500. The van der Waals surface area contributed by atoms with Crippen molar-refractivity contribution in [2.24, 2.45) is 11.7 Å². The maximum absolute atomic E-state index is 5.93. The molecular weight excluding hydrogens is 222 g/mol. The summed E-state index contributed by atoms with van der Waals surface area (Å²) in [5.74, 6) is 7.55. The standard InChI is InChI=1S/C16H21NO/c17-12-6-10-15-9-4-5-11-16(15)18-13-14-7-2-1-3-8-14/h4-5,9,11,14H,1-3,7-8,12-13,17H2. The van der Waals surface area contributed by atoms with Gasteiger partial charge in [0.15, 0.2) is 0 Å². The lowest BCUT2D eigenvalue weighted by Crippen LogP contribution is -2.15. The fourth-order valence-corrected chi connectivity index (χ4v) is 2.40. The molecule has 1 aliphatic rings. The zero-order valence-electron chi connectivity index (χ0n) is 10.8. The van der Waals surface area contributed by atoms with Crippen molar-refractivity contribution in [1.29, 1.82) is 0 Å². The molecule has 0 amide bonds. The van der Waals surface area contributed by atoms with Gasteiger partial charge in [-0.1, -0.05) is 43.2 Å². The second-order valence-corrected chi connectivity index (χ2v) is 4.82. The predicted octanol–water partition coefficient (Wildman–Crippen LogP) is 2.96. The van der Waals surface area contributed by atoms with E-state index >= 15 is 0 Å². The molecule has 1 aromatic carbocycles. The van der Waals surface area contributed by atoms with Crippen molar-refractivity contribution in [1.82, 2.24) is 0 Å². The Morgan fingerprint density at radius 1 is 1.17 bits per heavy atom. The predicted molar refractivity (Wildman–Crippen MR) is 74.4 cm³/mol. The molecule has 0 radical (unpaired) electrons. The molecule has 0 aromatic heterocycles. The molecule has 0 bridgehead atoms. The van der Waals surface area contributed by atoms with Crippen LogP contribution < -0.4 is 10.5 Å². The lowest BCUT2D eigenvalue weighted by molar-refractivity contribution is 0.208. The molecule has 2 nitrogen and oxygen atoms in total. The van der Waals surface area contributed by atoms with Crippen molar-refractivity contribution in [2.75, 3.05) is 13.2 Å². The first kappa shape index (κ1) is 13.0. The molecule has 0 unspecified atom stereocenters. The number of benzene rings is 1. The maximum atomic E-state index is 5.93. The van der Waals surface area contributed by atoms with E-state index in [1.54, 1.807) is 0 Å². The van der Waals surface area contributed by atoms with Gasteiger partial charge in [0.2, 0.25) is 0 Å². The van der Waals surface area contributed by atoms with Gasteiger partial charge in [0, 0.05) is 0 Å². The molecule has 0 atom stereocenters. The number of hydrogen-bond acceptors (Lipinski definition) is 2. The molecule has 96 valence electrons. The molecule has 1 fully saturated rings. The normalized spacial score (nSPS) is 15.8. The quantitative estimate of drug-likeness (QED) is 0.828. The van der Waals surface area contributed by atoms with Gasteiger partial charge in [0.25, 0.3) is 0 Å². The van der Waals surface area contributed by atoms with Crippen LogP contribution in [0.15, 0.2) is 24.3 Å². The molecule has 2 heteroatoms. The largest absolute Gasteiger partial charge is 0.492 e. The van der Waals surface area contributed by atoms with E-state index in [9.17, 15) is 0 Å².